The van der Waals surface area contributed by atoms with Gasteiger partial charge in [0.25, 0.3) is 0 Å². The molecule has 1 nitrogen and oxygen atoms in total. The van der Waals surface area contributed by atoms with Gasteiger partial charge in [0.05, 0.1) is 6.10 Å². The molecule has 1 N–H and O–H groups in total. The van der Waals surface area contributed by atoms with Crippen molar-refractivity contribution in [2.45, 2.75) is 42.1 Å². The standard InChI is InChI=1S/C14H19ClOS2/c1-9-10(2)18-14(8-17-9)13(16)7-11-5-3-4-6-12(11)15/h3-6,9-10,13-14,16H,7-8H2,1-2H3. The van der Waals surface area contributed by atoms with Crippen LogP contribution in [0.2, 0.25) is 5.02 Å². The van der Waals surface area contributed by atoms with Crippen LogP contribution in [0, 0.1) is 0 Å². The minimum atomic E-state index is -0.308. The summed E-state index contributed by atoms with van der Waals surface area (Å²) in [5, 5.41) is 12.7. The third-order valence-corrected chi connectivity index (χ3v) is 7.30. The van der Waals surface area contributed by atoms with E-state index >= 15 is 0 Å². The van der Waals surface area contributed by atoms with Gasteiger partial charge >= 0.3 is 0 Å². The first-order chi connectivity index (χ1) is 8.58. The fourth-order valence-corrected chi connectivity index (χ4v) is 5.26. The molecule has 4 unspecified atom stereocenters. The third-order valence-electron chi connectivity index (χ3n) is 3.39. The Kier molecular flexibility index (Phi) is 5.31. The Bertz CT molecular complexity index is 399. The number of rotatable bonds is 3. The molecule has 4 heteroatoms. The summed E-state index contributed by atoms with van der Waals surface area (Å²) in [6.07, 6.45) is 0.344. The van der Waals surface area contributed by atoms with E-state index in [1.54, 1.807) is 0 Å². The maximum Gasteiger partial charge on any atom is 0.0707 e. The molecule has 1 aromatic rings. The zero-order valence-corrected chi connectivity index (χ0v) is 13.1. The average molecular weight is 303 g/mol. The molecule has 1 aromatic carbocycles. The van der Waals surface area contributed by atoms with E-state index < -0.39 is 0 Å². The van der Waals surface area contributed by atoms with E-state index in [0.717, 1.165) is 16.3 Å². The molecule has 4 atom stereocenters. The first-order valence-corrected chi connectivity index (χ1v) is 8.63. The Balaban J connectivity index is 1.96. The summed E-state index contributed by atoms with van der Waals surface area (Å²) >= 11 is 10.0. The molecule has 18 heavy (non-hydrogen) atoms. The Morgan fingerprint density at radius 1 is 1.33 bits per heavy atom. The molecule has 0 aromatic heterocycles. The number of benzene rings is 1. The Labute approximate surface area is 123 Å². The molecule has 0 spiro atoms. The topological polar surface area (TPSA) is 20.2 Å². The molecule has 2 rings (SSSR count). The number of thioether (sulfide) groups is 2. The Morgan fingerprint density at radius 3 is 2.72 bits per heavy atom. The van der Waals surface area contributed by atoms with E-state index in [4.69, 9.17) is 11.6 Å². The number of aliphatic hydroxyl groups excluding tert-OH is 1. The quantitative estimate of drug-likeness (QED) is 0.915. The van der Waals surface area contributed by atoms with Crippen LogP contribution in [0.15, 0.2) is 24.3 Å². The third kappa shape index (κ3) is 3.60. The van der Waals surface area contributed by atoms with Crippen LogP contribution in [0.25, 0.3) is 0 Å². The summed E-state index contributed by atoms with van der Waals surface area (Å²) in [5.41, 5.74) is 1.04. The molecule has 0 bridgehead atoms. The summed E-state index contributed by atoms with van der Waals surface area (Å²) in [7, 11) is 0. The van der Waals surface area contributed by atoms with E-state index in [2.05, 4.69) is 13.8 Å². The largest absolute Gasteiger partial charge is 0.392 e. The SMILES string of the molecule is CC1SCC(C(O)Cc2ccccc2Cl)SC1C. The van der Waals surface area contributed by atoms with Crippen LogP contribution in [0.3, 0.4) is 0 Å². The molecule has 1 heterocycles. The molecule has 1 fully saturated rings. The summed E-state index contributed by atoms with van der Waals surface area (Å²) in [5.74, 6) is 1.03. The van der Waals surface area contributed by atoms with Crippen LogP contribution >= 0.6 is 35.1 Å². The molecule has 0 aliphatic carbocycles. The molecule has 1 aliphatic heterocycles. The highest BCUT2D eigenvalue weighted by atomic mass is 35.5. The van der Waals surface area contributed by atoms with Crippen molar-refractivity contribution in [1.82, 2.24) is 0 Å². The van der Waals surface area contributed by atoms with Gasteiger partial charge in [-0.1, -0.05) is 43.6 Å². The van der Waals surface area contributed by atoms with Gasteiger partial charge in [-0.25, -0.2) is 0 Å². The zero-order valence-electron chi connectivity index (χ0n) is 10.7. The predicted octanol–water partition coefficient (Wildman–Crippen LogP) is 3.87. The van der Waals surface area contributed by atoms with Crippen molar-refractivity contribution in [2.75, 3.05) is 5.75 Å². The highest BCUT2D eigenvalue weighted by Crippen LogP contribution is 2.37. The van der Waals surface area contributed by atoms with E-state index in [1.807, 2.05) is 47.8 Å². The molecule has 100 valence electrons. The van der Waals surface area contributed by atoms with E-state index in [0.29, 0.717) is 22.2 Å². The van der Waals surface area contributed by atoms with E-state index in [1.165, 1.54) is 0 Å². The fourth-order valence-electron chi connectivity index (χ4n) is 2.03. The molecule has 0 saturated carbocycles. The maximum absolute atomic E-state index is 10.4. The number of hydrogen-bond acceptors (Lipinski definition) is 3. The van der Waals surface area contributed by atoms with Crippen molar-refractivity contribution in [1.29, 1.82) is 0 Å². The first kappa shape index (κ1) is 14.6. The minimum Gasteiger partial charge on any atom is -0.392 e. The molecular weight excluding hydrogens is 284 g/mol. The van der Waals surface area contributed by atoms with Gasteiger partial charge in [-0.2, -0.15) is 23.5 Å². The van der Waals surface area contributed by atoms with Gasteiger partial charge in [0, 0.05) is 32.9 Å². The van der Waals surface area contributed by atoms with Crippen LogP contribution in [-0.2, 0) is 6.42 Å². The van der Waals surface area contributed by atoms with E-state index in [9.17, 15) is 5.11 Å². The van der Waals surface area contributed by atoms with Gasteiger partial charge in [-0.05, 0) is 11.6 Å². The summed E-state index contributed by atoms with van der Waals surface area (Å²) in [6.45, 7) is 4.51. The number of halogens is 1. The van der Waals surface area contributed by atoms with E-state index in [-0.39, 0.29) is 6.10 Å². The van der Waals surface area contributed by atoms with Crippen molar-refractivity contribution in [3.8, 4) is 0 Å². The average Bonchev–Trinajstić information content (AvgIpc) is 2.35. The lowest BCUT2D eigenvalue weighted by atomic mass is 10.1. The van der Waals surface area contributed by atoms with Gasteiger partial charge in [0.1, 0.15) is 0 Å². The second-order valence-electron chi connectivity index (χ2n) is 4.78. The van der Waals surface area contributed by atoms with Crippen molar-refractivity contribution >= 4 is 35.1 Å². The van der Waals surface area contributed by atoms with Gasteiger partial charge < -0.3 is 5.11 Å². The van der Waals surface area contributed by atoms with Crippen molar-refractivity contribution in [3.05, 3.63) is 34.9 Å². The summed E-state index contributed by atoms with van der Waals surface area (Å²) in [6, 6.07) is 7.78. The summed E-state index contributed by atoms with van der Waals surface area (Å²) in [4.78, 5) is 0. The van der Waals surface area contributed by atoms with Crippen LogP contribution in [0.5, 0.6) is 0 Å². The second kappa shape index (κ2) is 6.56. The molecular formula is C14H19ClOS2. The molecule has 0 radical (unpaired) electrons. The number of aliphatic hydroxyl groups is 1. The normalized spacial score (nSPS) is 30.1. The highest BCUT2D eigenvalue weighted by Gasteiger charge is 2.30. The molecule has 0 amide bonds. The summed E-state index contributed by atoms with van der Waals surface area (Å²) < 4.78 is 0. The Morgan fingerprint density at radius 2 is 2.06 bits per heavy atom. The van der Waals surface area contributed by atoms with Crippen LogP contribution in [-0.4, -0.2) is 32.7 Å². The fraction of sp³-hybridized carbons (Fsp3) is 0.571. The van der Waals surface area contributed by atoms with Crippen molar-refractivity contribution in [2.24, 2.45) is 0 Å². The second-order valence-corrected chi connectivity index (χ2v) is 8.22. The van der Waals surface area contributed by atoms with Crippen molar-refractivity contribution in [3.63, 3.8) is 0 Å². The molecule has 1 aliphatic rings. The van der Waals surface area contributed by atoms with Crippen LogP contribution in [0.4, 0.5) is 0 Å². The maximum atomic E-state index is 10.4. The monoisotopic (exact) mass is 302 g/mol. The minimum absolute atomic E-state index is 0.308. The smallest absolute Gasteiger partial charge is 0.0707 e. The van der Waals surface area contributed by atoms with Gasteiger partial charge in [0.15, 0.2) is 0 Å². The lowest BCUT2D eigenvalue weighted by molar-refractivity contribution is 0.177. The Hall–Kier alpha value is 0.170. The predicted molar refractivity (Wildman–Crippen MR) is 83.9 cm³/mol. The lowest BCUT2D eigenvalue weighted by Crippen LogP contribution is -2.35. The first-order valence-electron chi connectivity index (χ1n) is 6.26. The van der Waals surface area contributed by atoms with Crippen LogP contribution in [0.1, 0.15) is 19.4 Å². The number of hydrogen-bond donors (Lipinski definition) is 1. The lowest BCUT2D eigenvalue weighted by Gasteiger charge is -2.34. The molecule has 1 saturated heterocycles. The zero-order chi connectivity index (χ0) is 13.1. The highest BCUT2D eigenvalue weighted by molar-refractivity contribution is 8.07. The van der Waals surface area contributed by atoms with Gasteiger partial charge in [-0.3, -0.25) is 0 Å². The van der Waals surface area contributed by atoms with Gasteiger partial charge in [0.2, 0.25) is 0 Å². The van der Waals surface area contributed by atoms with Crippen LogP contribution < -0.4 is 0 Å². The van der Waals surface area contributed by atoms with Crippen molar-refractivity contribution < 1.29 is 5.11 Å². The van der Waals surface area contributed by atoms with Gasteiger partial charge in [-0.15, -0.1) is 0 Å².